The maximum absolute atomic E-state index is 4.46. The van der Waals surface area contributed by atoms with E-state index in [1.807, 2.05) is 12.3 Å². The van der Waals surface area contributed by atoms with Crippen molar-refractivity contribution in [1.82, 2.24) is 10.3 Å². The quantitative estimate of drug-likeness (QED) is 0.871. The van der Waals surface area contributed by atoms with Crippen molar-refractivity contribution in [2.75, 3.05) is 13.1 Å². The van der Waals surface area contributed by atoms with Gasteiger partial charge in [0.15, 0.2) is 0 Å². The molecule has 0 amide bonds. The van der Waals surface area contributed by atoms with E-state index in [1.54, 1.807) is 0 Å². The van der Waals surface area contributed by atoms with Crippen LogP contribution in [0.4, 0.5) is 0 Å². The number of rotatable bonds is 2. The molecule has 1 aromatic carbocycles. The molecule has 0 aliphatic carbocycles. The Bertz CT molecular complexity index is 529. The van der Waals surface area contributed by atoms with Gasteiger partial charge in [-0.15, -0.1) is 0 Å². The number of nitrogens with zero attached hydrogens (tertiary/aromatic N) is 1. The van der Waals surface area contributed by atoms with E-state index in [1.165, 1.54) is 36.9 Å². The molecule has 0 saturated carbocycles. The molecule has 1 saturated heterocycles. The lowest BCUT2D eigenvalue weighted by molar-refractivity contribution is 0.330. The second-order valence-corrected chi connectivity index (χ2v) is 5.33. The molecule has 18 heavy (non-hydrogen) atoms. The van der Waals surface area contributed by atoms with E-state index in [2.05, 4.69) is 41.5 Å². The van der Waals surface area contributed by atoms with E-state index in [0.717, 1.165) is 11.4 Å². The largest absolute Gasteiger partial charge is 0.317 e. The van der Waals surface area contributed by atoms with Crippen LogP contribution in [0.25, 0.3) is 10.9 Å². The highest BCUT2D eigenvalue weighted by Gasteiger charge is 2.21. The molecule has 1 aliphatic heterocycles. The molecule has 0 radical (unpaired) electrons. The molecule has 1 fully saturated rings. The SMILES string of the molecule is CC(c1ccc2cccnc2c1)C1CCNCC1. The van der Waals surface area contributed by atoms with Crippen LogP contribution in [0.2, 0.25) is 0 Å². The van der Waals surface area contributed by atoms with Gasteiger partial charge in [0.1, 0.15) is 0 Å². The minimum Gasteiger partial charge on any atom is -0.317 e. The smallest absolute Gasteiger partial charge is 0.0704 e. The third-order valence-electron chi connectivity index (χ3n) is 4.25. The predicted molar refractivity (Wildman–Crippen MR) is 75.8 cm³/mol. The number of aromatic nitrogens is 1. The molecule has 2 aromatic rings. The monoisotopic (exact) mass is 240 g/mol. The first-order valence-corrected chi connectivity index (χ1v) is 6.90. The second kappa shape index (κ2) is 5.07. The van der Waals surface area contributed by atoms with Crippen LogP contribution in [0.1, 0.15) is 31.2 Å². The van der Waals surface area contributed by atoms with Gasteiger partial charge in [-0.05, 0) is 55.5 Å². The molecule has 1 aromatic heterocycles. The van der Waals surface area contributed by atoms with Crippen molar-refractivity contribution in [1.29, 1.82) is 0 Å². The standard InChI is InChI=1S/C16H20N2/c1-12(13-6-9-17-10-7-13)15-5-4-14-3-2-8-18-16(14)11-15/h2-5,8,11-13,17H,6-7,9-10H2,1H3. The fourth-order valence-electron chi connectivity index (χ4n) is 2.98. The molecule has 1 unspecified atom stereocenters. The molecular formula is C16H20N2. The van der Waals surface area contributed by atoms with Crippen molar-refractivity contribution in [3.05, 3.63) is 42.1 Å². The van der Waals surface area contributed by atoms with Crippen molar-refractivity contribution in [3.8, 4) is 0 Å². The number of piperidine rings is 1. The number of hydrogen-bond acceptors (Lipinski definition) is 2. The number of hydrogen-bond donors (Lipinski definition) is 1. The van der Waals surface area contributed by atoms with E-state index < -0.39 is 0 Å². The van der Waals surface area contributed by atoms with Gasteiger partial charge in [-0.3, -0.25) is 4.98 Å². The first-order chi connectivity index (χ1) is 8.84. The van der Waals surface area contributed by atoms with Crippen LogP contribution in [-0.4, -0.2) is 18.1 Å². The normalized spacial score (nSPS) is 18.9. The molecule has 94 valence electrons. The summed E-state index contributed by atoms with van der Waals surface area (Å²) in [6.07, 6.45) is 4.46. The number of pyridine rings is 1. The maximum Gasteiger partial charge on any atom is 0.0704 e. The number of fused-ring (bicyclic) bond motifs is 1. The van der Waals surface area contributed by atoms with Gasteiger partial charge >= 0.3 is 0 Å². The first-order valence-electron chi connectivity index (χ1n) is 6.90. The van der Waals surface area contributed by atoms with Crippen molar-refractivity contribution in [2.24, 2.45) is 5.92 Å². The van der Waals surface area contributed by atoms with Gasteiger partial charge in [-0.2, -0.15) is 0 Å². The summed E-state index contributed by atoms with van der Waals surface area (Å²) in [5.41, 5.74) is 2.56. The van der Waals surface area contributed by atoms with Crippen LogP contribution >= 0.6 is 0 Å². The molecule has 2 nitrogen and oxygen atoms in total. The predicted octanol–water partition coefficient (Wildman–Crippen LogP) is 3.34. The Balaban J connectivity index is 1.88. The Labute approximate surface area is 108 Å². The zero-order valence-corrected chi connectivity index (χ0v) is 10.9. The summed E-state index contributed by atoms with van der Waals surface area (Å²) in [5.74, 6) is 1.45. The van der Waals surface area contributed by atoms with Crippen molar-refractivity contribution >= 4 is 10.9 Å². The topological polar surface area (TPSA) is 24.9 Å². The van der Waals surface area contributed by atoms with E-state index in [0.29, 0.717) is 5.92 Å². The third-order valence-corrected chi connectivity index (χ3v) is 4.25. The Morgan fingerprint density at radius 2 is 2.06 bits per heavy atom. The van der Waals surface area contributed by atoms with Gasteiger partial charge in [0.25, 0.3) is 0 Å². The van der Waals surface area contributed by atoms with Gasteiger partial charge < -0.3 is 5.32 Å². The van der Waals surface area contributed by atoms with Gasteiger partial charge in [0, 0.05) is 11.6 Å². The minimum absolute atomic E-state index is 0.638. The number of nitrogens with one attached hydrogen (secondary N) is 1. The summed E-state index contributed by atoms with van der Waals surface area (Å²) in [7, 11) is 0. The summed E-state index contributed by atoms with van der Waals surface area (Å²) in [4.78, 5) is 4.46. The van der Waals surface area contributed by atoms with Crippen LogP contribution in [0, 0.1) is 5.92 Å². The van der Waals surface area contributed by atoms with Gasteiger partial charge in [-0.25, -0.2) is 0 Å². The Hall–Kier alpha value is -1.41. The molecule has 0 spiro atoms. The Kier molecular flexibility index (Phi) is 3.28. The highest BCUT2D eigenvalue weighted by molar-refractivity contribution is 5.79. The van der Waals surface area contributed by atoms with E-state index in [9.17, 15) is 0 Å². The van der Waals surface area contributed by atoms with Crippen LogP contribution < -0.4 is 5.32 Å². The average molecular weight is 240 g/mol. The van der Waals surface area contributed by atoms with Crippen molar-refractivity contribution < 1.29 is 0 Å². The maximum atomic E-state index is 4.46. The van der Waals surface area contributed by atoms with Crippen molar-refractivity contribution in [2.45, 2.75) is 25.7 Å². The van der Waals surface area contributed by atoms with E-state index >= 15 is 0 Å². The highest BCUT2D eigenvalue weighted by Crippen LogP contribution is 2.31. The minimum atomic E-state index is 0.638. The van der Waals surface area contributed by atoms with Gasteiger partial charge in [-0.1, -0.05) is 25.1 Å². The molecule has 1 atom stereocenters. The van der Waals surface area contributed by atoms with E-state index in [-0.39, 0.29) is 0 Å². The molecule has 1 aliphatic rings. The Morgan fingerprint density at radius 1 is 1.22 bits per heavy atom. The lowest BCUT2D eigenvalue weighted by atomic mass is 9.81. The van der Waals surface area contributed by atoms with Crippen molar-refractivity contribution in [3.63, 3.8) is 0 Å². The fraction of sp³-hybridized carbons (Fsp3) is 0.438. The van der Waals surface area contributed by atoms with E-state index in [4.69, 9.17) is 0 Å². The summed E-state index contributed by atoms with van der Waals surface area (Å²) in [6, 6.07) is 10.9. The number of benzene rings is 1. The average Bonchev–Trinajstić information content (AvgIpc) is 2.47. The zero-order chi connectivity index (χ0) is 12.4. The van der Waals surface area contributed by atoms with Crippen LogP contribution in [-0.2, 0) is 0 Å². The lowest BCUT2D eigenvalue weighted by Gasteiger charge is -2.28. The molecular weight excluding hydrogens is 220 g/mol. The van der Waals surface area contributed by atoms with Crippen LogP contribution in [0.3, 0.4) is 0 Å². The molecule has 0 bridgehead atoms. The summed E-state index contributed by atoms with van der Waals surface area (Å²) in [5, 5.41) is 4.67. The van der Waals surface area contributed by atoms with Gasteiger partial charge in [0.05, 0.1) is 5.52 Å². The molecule has 2 heterocycles. The zero-order valence-electron chi connectivity index (χ0n) is 10.9. The molecule has 1 N–H and O–H groups in total. The third kappa shape index (κ3) is 2.25. The summed E-state index contributed by atoms with van der Waals surface area (Å²) < 4.78 is 0. The van der Waals surface area contributed by atoms with Crippen LogP contribution in [0.15, 0.2) is 36.5 Å². The lowest BCUT2D eigenvalue weighted by Crippen LogP contribution is -2.30. The van der Waals surface area contributed by atoms with Gasteiger partial charge in [0.2, 0.25) is 0 Å². The summed E-state index contributed by atoms with van der Waals surface area (Å²) >= 11 is 0. The summed E-state index contributed by atoms with van der Waals surface area (Å²) in [6.45, 7) is 4.70. The molecule has 2 heteroatoms. The van der Waals surface area contributed by atoms with Crippen LogP contribution in [0.5, 0.6) is 0 Å². The fourth-order valence-corrected chi connectivity index (χ4v) is 2.98. The second-order valence-electron chi connectivity index (χ2n) is 5.33. The molecule has 3 rings (SSSR count). The highest BCUT2D eigenvalue weighted by atomic mass is 14.9. The first kappa shape index (κ1) is 11.7. The Morgan fingerprint density at radius 3 is 2.89 bits per heavy atom.